The first-order valence-corrected chi connectivity index (χ1v) is 5.78. The number of ether oxygens (including phenoxy) is 1. The fraction of sp³-hybridized carbons (Fsp3) is 0.250. The van der Waals surface area contributed by atoms with Gasteiger partial charge in [0.1, 0.15) is 5.52 Å². The molecule has 2 aromatic rings. The lowest BCUT2D eigenvalue weighted by Gasteiger charge is -2.10. The van der Waals surface area contributed by atoms with E-state index < -0.39 is 0 Å². The Morgan fingerprint density at radius 1 is 1.50 bits per heavy atom. The second-order valence-corrected chi connectivity index (χ2v) is 4.28. The summed E-state index contributed by atoms with van der Waals surface area (Å²) in [4.78, 5) is 4.32. The number of rotatable bonds is 3. The highest BCUT2D eigenvalue weighted by atomic mass is 79.9. The van der Waals surface area contributed by atoms with Crippen LogP contribution in [0.3, 0.4) is 0 Å². The Balaban J connectivity index is 2.75. The van der Waals surface area contributed by atoms with Gasteiger partial charge in [-0.25, -0.2) is 0 Å². The van der Waals surface area contributed by atoms with Gasteiger partial charge in [-0.3, -0.25) is 4.98 Å². The Kier molecular flexibility index (Phi) is 3.41. The molecule has 0 spiro atoms. The Morgan fingerprint density at radius 2 is 2.31 bits per heavy atom. The number of aliphatic hydroxyl groups is 1. The maximum absolute atomic E-state index is 9.03. The molecular formula is C12H12BrNO2. The fourth-order valence-electron chi connectivity index (χ4n) is 1.78. The van der Waals surface area contributed by atoms with Crippen molar-refractivity contribution in [3.05, 3.63) is 34.4 Å². The summed E-state index contributed by atoms with van der Waals surface area (Å²) < 4.78 is 6.18. The summed E-state index contributed by atoms with van der Waals surface area (Å²) in [5.41, 5.74) is 1.89. The highest BCUT2D eigenvalue weighted by molar-refractivity contribution is 9.10. The topological polar surface area (TPSA) is 42.4 Å². The van der Waals surface area contributed by atoms with Gasteiger partial charge in [0.25, 0.3) is 0 Å². The third kappa shape index (κ3) is 1.90. The molecule has 0 atom stereocenters. The lowest BCUT2D eigenvalue weighted by molar-refractivity contribution is 0.300. The molecule has 0 amide bonds. The molecule has 0 radical (unpaired) electrons. The van der Waals surface area contributed by atoms with Gasteiger partial charge in [0.15, 0.2) is 5.75 Å². The van der Waals surface area contributed by atoms with E-state index in [9.17, 15) is 0 Å². The van der Waals surface area contributed by atoms with E-state index in [1.807, 2.05) is 18.2 Å². The molecular weight excluding hydrogens is 270 g/mol. The highest BCUT2D eigenvalue weighted by Gasteiger charge is 2.11. The molecule has 0 aliphatic carbocycles. The highest BCUT2D eigenvalue weighted by Crippen LogP contribution is 2.34. The lowest BCUT2D eigenvalue weighted by Crippen LogP contribution is -1.96. The summed E-state index contributed by atoms with van der Waals surface area (Å²) in [6.45, 7) is 0.128. The zero-order chi connectivity index (χ0) is 11.5. The van der Waals surface area contributed by atoms with E-state index in [-0.39, 0.29) is 6.61 Å². The van der Waals surface area contributed by atoms with Crippen molar-refractivity contribution in [1.82, 2.24) is 4.98 Å². The number of nitrogens with zero attached hydrogens (tertiary/aromatic N) is 1. The van der Waals surface area contributed by atoms with E-state index in [1.165, 1.54) is 0 Å². The number of pyridine rings is 1. The van der Waals surface area contributed by atoms with Crippen molar-refractivity contribution in [3.63, 3.8) is 0 Å². The number of halogens is 1. The van der Waals surface area contributed by atoms with E-state index in [0.29, 0.717) is 6.42 Å². The van der Waals surface area contributed by atoms with Crippen LogP contribution in [0.25, 0.3) is 10.9 Å². The molecule has 0 saturated carbocycles. The van der Waals surface area contributed by atoms with Gasteiger partial charge in [0.2, 0.25) is 0 Å². The van der Waals surface area contributed by atoms with E-state index in [4.69, 9.17) is 9.84 Å². The minimum absolute atomic E-state index is 0.128. The smallest absolute Gasteiger partial charge is 0.159 e. The molecule has 16 heavy (non-hydrogen) atoms. The number of benzene rings is 1. The Labute approximate surface area is 102 Å². The van der Waals surface area contributed by atoms with Crippen molar-refractivity contribution in [2.45, 2.75) is 6.42 Å². The average Bonchev–Trinajstić information content (AvgIpc) is 2.30. The van der Waals surface area contributed by atoms with Crippen LogP contribution in [0.15, 0.2) is 28.9 Å². The SMILES string of the molecule is COc1c(Br)cc(CCO)c2cccnc12. The molecule has 0 fully saturated rings. The molecule has 1 heterocycles. The molecule has 0 aliphatic rings. The molecule has 4 heteroatoms. The van der Waals surface area contributed by atoms with Gasteiger partial charge in [0.05, 0.1) is 11.6 Å². The molecule has 0 saturated heterocycles. The third-order valence-electron chi connectivity index (χ3n) is 2.47. The number of aromatic nitrogens is 1. The second-order valence-electron chi connectivity index (χ2n) is 3.42. The quantitative estimate of drug-likeness (QED) is 0.940. The van der Waals surface area contributed by atoms with E-state index in [1.54, 1.807) is 13.3 Å². The monoisotopic (exact) mass is 281 g/mol. The van der Waals surface area contributed by atoms with Crippen molar-refractivity contribution in [2.24, 2.45) is 0 Å². The Morgan fingerprint density at radius 3 is 3.00 bits per heavy atom. The molecule has 0 bridgehead atoms. The molecule has 1 aromatic heterocycles. The van der Waals surface area contributed by atoms with Gasteiger partial charge < -0.3 is 9.84 Å². The standard InChI is InChI=1S/C12H12BrNO2/c1-16-12-10(13)7-8(4-6-15)9-3-2-5-14-11(9)12/h2-3,5,7,15H,4,6H2,1H3. The first kappa shape index (κ1) is 11.4. The zero-order valence-electron chi connectivity index (χ0n) is 8.90. The van der Waals surface area contributed by atoms with Gasteiger partial charge in [0, 0.05) is 18.2 Å². The molecule has 0 aliphatic heterocycles. The van der Waals surface area contributed by atoms with E-state index >= 15 is 0 Å². The molecule has 84 valence electrons. The van der Waals surface area contributed by atoms with E-state index in [2.05, 4.69) is 20.9 Å². The number of hydrogen-bond acceptors (Lipinski definition) is 3. The second kappa shape index (κ2) is 4.80. The molecule has 2 rings (SSSR count). The summed E-state index contributed by atoms with van der Waals surface area (Å²) >= 11 is 3.45. The Hall–Kier alpha value is -1.13. The van der Waals surface area contributed by atoms with Crippen molar-refractivity contribution >= 4 is 26.8 Å². The lowest BCUT2D eigenvalue weighted by atomic mass is 10.1. The van der Waals surface area contributed by atoms with E-state index in [0.717, 1.165) is 26.7 Å². The number of hydrogen-bond donors (Lipinski definition) is 1. The van der Waals surface area contributed by atoms with Crippen LogP contribution >= 0.6 is 15.9 Å². The summed E-state index contributed by atoms with van der Waals surface area (Å²) in [6, 6.07) is 5.85. The van der Waals surface area contributed by atoms with Crippen LogP contribution < -0.4 is 4.74 Å². The van der Waals surface area contributed by atoms with Gasteiger partial charge in [-0.15, -0.1) is 0 Å². The first-order valence-electron chi connectivity index (χ1n) is 4.99. The van der Waals surface area contributed by atoms with Gasteiger partial charge in [-0.1, -0.05) is 6.07 Å². The number of methoxy groups -OCH3 is 1. The van der Waals surface area contributed by atoms with Crippen LogP contribution in [-0.2, 0) is 6.42 Å². The number of aliphatic hydroxyl groups excluding tert-OH is 1. The number of fused-ring (bicyclic) bond motifs is 1. The normalized spacial score (nSPS) is 10.7. The molecule has 3 nitrogen and oxygen atoms in total. The molecule has 1 aromatic carbocycles. The van der Waals surface area contributed by atoms with Crippen molar-refractivity contribution in [2.75, 3.05) is 13.7 Å². The minimum Gasteiger partial charge on any atom is -0.493 e. The Bertz CT molecular complexity index is 514. The first-order chi connectivity index (χ1) is 7.77. The maximum Gasteiger partial charge on any atom is 0.159 e. The summed E-state index contributed by atoms with van der Waals surface area (Å²) in [7, 11) is 1.62. The summed E-state index contributed by atoms with van der Waals surface area (Å²) in [5, 5.41) is 10.1. The van der Waals surface area contributed by atoms with Gasteiger partial charge in [-0.2, -0.15) is 0 Å². The van der Waals surface area contributed by atoms with Gasteiger partial charge >= 0.3 is 0 Å². The van der Waals surface area contributed by atoms with Crippen LogP contribution in [0.4, 0.5) is 0 Å². The van der Waals surface area contributed by atoms with Crippen LogP contribution in [-0.4, -0.2) is 23.8 Å². The van der Waals surface area contributed by atoms with Crippen molar-refractivity contribution in [3.8, 4) is 5.75 Å². The summed E-state index contributed by atoms with van der Waals surface area (Å²) in [5.74, 6) is 0.734. The maximum atomic E-state index is 9.03. The largest absolute Gasteiger partial charge is 0.493 e. The van der Waals surface area contributed by atoms with Crippen LogP contribution in [0.5, 0.6) is 5.75 Å². The minimum atomic E-state index is 0.128. The van der Waals surface area contributed by atoms with Crippen LogP contribution in [0, 0.1) is 0 Å². The fourth-order valence-corrected chi connectivity index (χ4v) is 2.40. The zero-order valence-corrected chi connectivity index (χ0v) is 10.5. The van der Waals surface area contributed by atoms with Gasteiger partial charge in [-0.05, 0) is 40.0 Å². The van der Waals surface area contributed by atoms with Crippen LogP contribution in [0.1, 0.15) is 5.56 Å². The van der Waals surface area contributed by atoms with Crippen LogP contribution in [0.2, 0.25) is 0 Å². The van der Waals surface area contributed by atoms with Crippen molar-refractivity contribution < 1.29 is 9.84 Å². The average molecular weight is 282 g/mol. The predicted molar refractivity (Wildman–Crippen MR) is 66.8 cm³/mol. The molecule has 0 unspecified atom stereocenters. The summed E-state index contributed by atoms with van der Waals surface area (Å²) in [6.07, 6.45) is 2.35. The van der Waals surface area contributed by atoms with Crippen molar-refractivity contribution in [1.29, 1.82) is 0 Å². The predicted octanol–water partition coefficient (Wildman–Crippen LogP) is 2.54. The third-order valence-corrected chi connectivity index (χ3v) is 3.06. The molecule has 1 N–H and O–H groups in total.